The minimum atomic E-state index is 0.633. The highest BCUT2D eigenvalue weighted by Gasteiger charge is 2.35. The zero-order valence-corrected chi connectivity index (χ0v) is 33.4. The summed E-state index contributed by atoms with van der Waals surface area (Å²) in [6.45, 7) is 3.91. The average molecular weight is 712 g/mol. The van der Waals surface area contributed by atoms with Gasteiger partial charge in [0.1, 0.15) is 0 Å². The van der Waals surface area contributed by atoms with Gasteiger partial charge in [-0.05, 0) is 188 Å². The lowest BCUT2D eigenvalue weighted by atomic mass is 9.66. The van der Waals surface area contributed by atoms with E-state index < -0.39 is 0 Å². The van der Waals surface area contributed by atoms with Crippen molar-refractivity contribution in [1.82, 2.24) is 5.32 Å². The van der Waals surface area contributed by atoms with Crippen LogP contribution in [-0.2, 0) is 0 Å². The van der Waals surface area contributed by atoms with Crippen LogP contribution < -0.4 is 5.32 Å². The molecule has 0 aliphatic heterocycles. The fourth-order valence-corrected chi connectivity index (χ4v) is 12.3. The van der Waals surface area contributed by atoms with Crippen molar-refractivity contribution in [3.63, 3.8) is 0 Å². The lowest BCUT2D eigenvalue weighted by molar-refractivity contribution is 0.308. The predicted octanol–water partition coefficient (Wildman–Crippen LogP) is 14.4. The van der Waals surface area contributed by atoms with Crippen LogP contribution in [0.2, 0.25) is 0 Å². The highest BCUT2D eigenvalue weighted by molar-refractivity contribution is 5.32. The molecule has 8 aliphatic rings. The van der Waals surface area contributed by atoms with Crippen molar-refractivity contribution in [2.24, 2.45) is 53.3 Å². The molecule has 0 fully saturated rings. The van der Waals surface area contributed by atoms with Gasteiger partial charge in [-0.25, -0.2) is 0 Å². The van der Waals surface area contributed by atoms with Gasteiger partial charge < -0.3 is 5.32 Å². The van der Waals surface area contributed by atoms with E-state index in [2.05, 4.69) is 84.8 Å². The van der Waals surface area contributed by atoms with Gasteiger partial charge in [0.2, 0.25) is 0 Å². The Morgan fingerprint density at radius 1 is 0.679 bits per heavy atom. The molecule has 286 valence electrons. The molecule has 0 aromatic rings. The van der Waals surface area contributed by atoms with E-state index in [1.165, 1.54) is 154 Å². The van der Waals surface area contributed by atoms with E-state index in [-0.39, 0.29) is 0 Å². The molecule has 0 spiro atoms. The molecule has 53 heavy (non-hydrogen) atoms. The van der Waals surface area contributed by atoms with E-state index in [4.69, 9.17) is 0 Å². The van der Waals surface area contributed by atoms with Gasteiger partial charge in [0.25, 0.3) is 0 Å². The van der Waals surface area contributed by atoms with Crippen LogP contribution in [0.3, 0.4) is 0 Å². The van der Waals surface area contributed by atoms with Crippen molar-refractivity contribution in [2.75, 3.05) is 0 Å². The first-order chi connectivity index (χ1) is 26.2. The summed E-state index contributed by atoms with van der Waals surface area (Å²) in [7, 11) is 0. The van der Waals surface area contributed by atoms with Crippen LogP contribution in [0.15, 0.2) is 107 Å². The Hall–Kier alpha value is -2.54. The molecule has 0 bridgehead atoms. The first kappa shape index (κ1) is 37.4. The summed E-state index contributed by atoms with van der Waals surface area (Å²) in [5, 5.41) is 4.08. The standard InChI is InChI=1S/C52H73N/c1-2-3-4-5-7-12-38-17-19-43(20-18-38)52(44-25-21-40(22-26-44)39-13-8-6-9-14-39)45-27-23-41(24-28-45)42-29-32-50(33-30-42)53-51-34-31-48-35-46-15-10-11-16-47(46)36-49(48)37-51/h2,8,10,13,15,19,21,25,27,29,35,37-41,44,47-50,52-53H,1,3-7,9,11-12,14,16-18,20,22-24,26,28,30-34,36H2. The van der Waals surface area contributed by atoms with E-state index >= 15 is 0 Å². The van der Waals surface area contributed by atoms with Gasteiger partial charge in [-0.1, -0.05) is 109 Å². The van der Waals surface area contributed by atoms with Crippen LogP contribution in [0.4, 0.5) is 0 Å². The van der Waals surface area contributed by atoms with Gasteiger partial charge >= 0.3 is 0 Å². The Labute approximate surface area is 325 Å². The topological polar surface area (TPSA) is 12.0 Å². The first-order valence-electron chi connectivity index (χ1n) is 23.1. The summed E-state index contributed by atoms with van der Waals surface area (Å²) < 4.78 is 0. The van der Waals surface area contributed by atoms with E-state index in [1.807, 2.05) is 11.1 Å². The van der Waals surface area contributed by atoms with E-state index in [1.54, 1.807) is 16.8 Å². The molecular formula is C52H73N. The summed E-state index contributed by atoms with van der Waals surface area (Å²) >= 11 is 0. The minimum Gasteiger partial charge on any atom is -0.386 e. The smallest absolute Gasteiger partial charge is 0.0295 e. The summed E-state index contributed by atoms with van der Waals surface area (Å²) in [4.78, 5) is 0. The Morgan fingerprint density at radius 2 is 1.58 bits per heavy atom. The van der Waals surface area contributed by atoms with Crippen molar-refractivity contribution in [3.05, 3.63) is 107 Å². The van der Waals surface area contributed by atoms with Crippen molar-refractivity contribution < 1.29 is 0 Å². The summed E-state index contributed by atoms with van der Waals surface area (Å²) in [6, 6.07) is 0.633. The molecule has 1 nitrogen and oxygen atoms in total. The molecule has 8 aliphatic carbocycles. The van der Waals surface area contributed by atoms with Gasteiger partial charge in [0.05, 0.1) is 0 Å². The lowest BCUT2D eigenvalue weighted by Crippen LogP contribution is -2.34. The summed E-state index contributed by atoms with van der Waals surface area (Å²) in [6.07, 6.45) is 62.9. The summed E-state index contributed by atoms with van der Waals surface area (Å²) in [5.74, 6) is 6.97. The fraction of sp³-hybridized carbons (Fsp3) is 0.654. The molecule has 0 aromatic carbocycles. The molecule has 8 rings (SSSR count). The summed E-state index contributed by atoms with van der Waals surface area (Å²) in [5.41, 5.74) is 8.64. The van der Waals surface area contributed by atoms with E-state index in [0.29, 0.717) is 17.9 Å². The quantitative estimate of drug-likeness (QED) is 0.148. The van der Waals surface area contributed by atoms with Gasteiger partial charge in [-0.2, -0.15) is 0 Å². The van der Waals surface area contributed by atoms with Crippen molar-refractivity contribution >= 4 is 0 Å². The van der Waals surface area contributed by atoms with Crippen LogP contribution in [0.25, 0.3) is 0 Å². The number of hydrogen-bond acceptors (Lipinski definition) is 1. The second-order valence-corrected chi connectivity index (χ2v) is 18.9. The van der Waals surface area contributed by atoms with E-state index in [9.17, 15) is 0 Å². The van der Waals surface area contributed by atoms with Gasteiger partial charge in [-0.3, -0.25) is 0 Å². The largest absolute Gasteiger partial charge is 0.386 e. The van der Waals surface area contributed by atoms with E-state index in [0.717, 1.165) is 41.4 Å². The molecule has 10 unspecified atom stereocenters. The molecule has 1 heteroatoms. The molecule has 0 amide bonds. The number of unbranched alkanes of at least 4 members (excludes halogenated alkanes) is 3. The van der Waals surface area contributed by atoms with Crippen molar-refractivity contribution in [3.8, 4) is 0 Å². The Morgan fingerprint density at radius 3 is 2.34 bits per heavy atom. The van der Waals surface area contributed by atoms with Crippen LogP contribution in [0, 0.1) is 53.3 Å². The second kappa shape index (κ2) is 18.4. The highest BCUT2D eigenvalue weighted by Crippen LogP contribution is 2.48. The molecule has 0 saturated carbocycles. The first-order valence-corrected chi connectivity index (χ1v) is 23.1. The zero-order chi connectivity index (χ0) is 35.8. The fourth-order valence-electron chi connectivity index (χ4n) is 12.3. The maximum Gasteiger partial charge on any atom is 0.0295 e. The van der Waals surface area contributed by atoms with Gasteiger partial charge in [0.15, 0.2) is 0 Å². The monoisotopic (exact) mass is 712 g/mol. The SMILES string of the molecule is C=CCCCCCC1CC=C(C(C2=CCC(C3=CCC(NC4=CC5CC6CCC=CC6=CC5CC4)CC3)CC2)C2C=CC(C3C=CCCC3)CC2)CC1. The molecule has 10 atom stereocenters. The number of rotatable bonds is 13. The maximum absolute atomic E-state index is 4.08. The minimum absolute atomic E-state index is 0.633. The van der Waals surface area contributed by atoms with Crippen LogP contribution in [-0.4, -0.2) is 6.04 Å². The normalized spacial score (nSPS) is 36.2. The van der Waals surface area contributed by atoms with Crippen molar-refractivity contribution in [2.45, 2.75) is 160 Å². The second-order valence-electron chi connectivity index (χ2n) is 18.9. The molecule has 0 radical (unpaired) electrons. The number of allylic oxidation sites excluding steroid dienone is 16. The number of hydrogen-bond donors (Lipinski definition) is 1. The highest BCUT2D eigenvalue weighted by atomic mass is 14.9. The Kier molecular flexibility index (Phi) is 13.0. The molecular weight excluding hydrogens is 639 g/mol. The van der Waals surface area contributed by atoms with Crippen molar-refractivity contribution in [1.29, 1.82) is 0 Å². The zero-order valence-electron chi connectivity index (χ0n) is 33.4. The van der Waals surface area contributed by atoms with Gasteiger partial charge in [-0.15, -0.1) is 6.58 Å². The van der Waals surface area contributed by atoms with Crippen LogP contribution in [0.1, 0.15) is 154 Å². The molecule has 0 aromatic heterocycles. The lowest BCUT2D eigenvalue weighted by Gasteiger charge is -2.39. The maximum atomic E-state index is 4.08. The molecule has 0 heterocycles. The number of fused-ring (bicyclic) bond motifs is 2. The third kappa shape index (κ3) is 9.47. The Bertz CT molecular complexity index is 1500. The third-order valence-electron chi connectivity index (χ3n) is 15.5. The average Bonchev–Trinajstić information content (AvgIpc) is 3.22. The molecule has 1 N–H and O–H groups in total. The predicted molar refractivity (Wildman–Crippen MR) is 227 cm³/mol. The van der Waals surface area contributed by atoms with Gasteiger partial charge in [0, 0.05) is 17.7 Å². The number of nitrogens with one attached hydrogen (secondary N) is 1. The van der Waals surface area contributed by atoms with Crippen LogP contribution >= 0.6 is 0 Å². The third-order valence-corrected chi connectivity index (χ3v) is 15.5. The van der Waals surface area contributed by atoms with Crippen LogP contribution in [0.5, 0.6) is 0 Å². The Balaban J connectivity index is 0.881. The molecule has 0 saturated heterocycles.